The Morgan fingerprint density at radius 1 is 1.47 bits per heavy atom. The highest BCUT2D eigenvalue weighted by Crippen LogP contribution is 2.31. The van der Waals surface area contributed by atoms with E-state index in [1.807, 2.05) is 0 Å². The number of sulfonamides is 1. The van der Waals surface area contributed by atoms with Crippen molar-refractivity contribution in [2.75, 3.05) is 20.2 Å². The van der Waals surface area contributed by atoms with Crippen LogP contribution in [0.2, 0.25) is 5.02 Å². The second kappa shape index (κ2) is 4.94. The molecular weight excluding hydrogens is 290 g/mol. The van der Waals surface area contributed by atoms with Gasteiger partial charge in [0.2, 0.25) is 10.0 Å². The van der Waals surface area contributed by atoms with E-state index in [4.69, 9.17) is 16.3 Å². The van der Waals surface area contributed by atoms with Gasteiger partial charge in [0.1, 0.15) is 5.75 Å². The summed E-state index contributed by atoms with van der Waals surface area (Å²) in [5.74, 6) is 0.425. The van der Waals surface area contributed by atoms with Gasteiger partial charge in [-0.2, -0.15) is 4.31 Å². The largest absolute Gasteiger partial charge is 0.495 e. The molecule has 1 aromatic rings. The van der Waals surface area contributed by atoms with Crippen molar-refractivity contribution in [3.05, 3.63) is 23.2 Å². The number of hydrogen-bond donors (Lipinski definition) is 1. The van der Waals surface area contributed by atoms with Crippen molar-refractivity contribution in [2.24, 2.45) is 0 Å². The second-order valence-electron chi connectivity index (χ2n) is 4.88. The lowest BCUT2D eigenvalue weighted by molar-refractivity contribution is 0.0762. The van der Waals surface area contributed by atoms with Gasteiger partial charge in [0.15, 0.2) is 0 Å². The third-order valence-corrected chi connectivity index (χ3v) is 5.31. The smallest absolute Gasteiger partial charge is 0.243 e. The van der Waals surface area contributed by atoms with Gasteiger partial charge < -0.3 is 9.84 Å². The summed E-state index contributed by atoms with van der Waals surface area (Å²) in [5, 5.41) is 10.1. The Bertz CT molecular complexity index is 585. The molecule has 1 unspecified atom stereocenters. The van der Waals surface area contributed by atoms with Crippen LogP contribution in [0.5, 0.6) is 5.75 Å². The lowest BCUT2D eigenvalue weighted by Crippen LogP contribution is -2.33. The fourth-order valence-electron chi connectivity index (χ4n) is 2.07. The average molecular weight is 306 g/mol. The van der Waals surface area contributed by atoms with Crippen molar-refractivity contribution < 1.29 is 18.3 Å². The van der Waals surface area contributed by atoms with Crippen molar-refractivity contribution in [3.8, 4) is 5.75 Å². The Morgan fingerprint density at radius 3 is 2.63 bits per heavy atom. The van der Waals surface area contributed by atoms with Gasteiger partial charge >= 0.3 is 0 Å². The van der Waals surface area contributed by atoms with Gasteiger partial charge in [0.05, 0.1) is 22.6 Å². The van der Waals surface area contributed by atoms with Crippen LogP contribution in [0.4, 0.5) is 0 Å². The number of ether oxygens (including phenoxy) is 1. The maximum atomic E-state index is 12.4. The van der Waals surface area contributed by atoms with Crippen LogP contribution in [0.15, 0.2) is 23.1 Å². The molecule has 0 amide bonds. The van der Waals surface area contributed by atoms with Gasteiger partial charge in [-0.25, -0.2) is 8.42 Å². The number of benzene rings is 1. The normalized spacial score (nSPS) is 24.6. The standard InChI is InChI=1S/C12H16ClNO4S/c1-12(15)5-6-14(8-12)19(16,17)9-3-4-11(18-2)10(13)7-9/h3-4,7,15H,5-6,8H2,1-2H3. The van der Waals surface area contributed by atoms with E-state index in [1.54, 1.807) is 6.92 Å². The molecule has 1 heterocycles. The number of rotatable bonds is 3. The van der Waals surface area contributed by atoms with Crippen LogP contribution in [0, 0.1) is 0 Å². The molecule has 5 nitrogen and oxygen atoms in total. The third-order valence-electron chi connectivity index (χ3n) is 3.18. The monoisotopic (exact) mass is 305 g/mol. The molecule has 1 aromatic carbocycles. The van der Waals surface area contributed by atoms with E-state index in [2.05, 4.69) is 0 Å². The first kappa shape index (κ1) is 14.6. The van der Waals surface area contributed by atoms with E-state index in [0.29, 0.717) is 18.7 Å². The number of β-amino-alcohol motifs (C(OH)–C–C–N with tert-alkyl or cyclic N) is 1. The van der Waals surface area contributed by atoms with Gasteiger partial charge in [-0.1, -0.05) is 11.6 Å². The highest BCUT2D eigenvalue weighted by molar-refractivity contribution is 7.89. The summed E-state index contributed by atoms with van der Waals surface area (Å²) in [6.07, 6.45) is 0.427. The maximum Gasteiger partial charge on any atom is 0.243 e. The van der Waals surface area contributed by atoms with Crippen LogP contribution in [-0.4, -0.2) is 43.6 Å². The molecule has 19 heavy (non-hydrogen) atoms. The zero-order valence-corrected chi connectivity index (χ0v) is 12.3. The molecule has 0 bridgehead atoms. The van der Waals surface area contributed by atoms with Crippen molar-refractivity contribution in [1.82, 2.24) is 4.31 Å². The summed E-state index contributed by atoms with van der Waals surface area (Å²) < 4.78 is 31.0. The molecule has 1 saturated heterocycles. The van der Waals surface area contributed by atoms with Crippen LogP contribution in [-0.2, 0) is 10.0 Å². The Balaban J connectivity index is 2.33. The van der Waals surface area contributed by atoms with Crippen molar-refractivity contribution in [3.63, 3.8) is 0 Å². The second-order valence-corrected chi connectivity index (χ2v) is 7.23. The molecule has 1 aliphatic rings. The molecule has 0 saturated carbocycles. The Kier molecular flexibility index (Phi) is 3.79. The van der Waals surface area contributed by atoms with E-state index in [9.17, 15) is 13.5 Å². The highest BCUT2D eigenvalue weighted by atomic mass is 35.5. The zero-order chi connectivity index (χ0) is 14.3. The molecule has 1 atom stereocenters. The van der Waals surface area contributed by atoms with Crippen LogP contribution in [0.3, 0.4) is 0 Å². The topological polar surface area (TPSA) is 66.8 Å². The summed E-state index contributed by atoms with van der Waals surface area (Å²) in [4.78, 5) is 0.107. The Hall–Kier alpha value is -0.820. The van der Waals surface area contributed by atoms with Crippen LogP contribution < -0.4 is 4.74 Å². The van der Waals surface area contributed by atoms with Crippen molar-refractivity contribution in [1.29, 1.82) is 0 Å². The third kappa shape index (κ3) is 2.86. The lowest BCUT2D eigenvalue weighted by atomic mass is 10.1. The summed E-state index contributed by atoms with van der Waals surface area (Å²) in [7, 11) is -2.16. The van der Waals surface area contributed by atoms with Crippen LogP contribution >= 0.6 is 11.6 Å². The SMILES string of the molecule is COc1ccc(S(=O)(=O)N2CCC(C)(O)C2)cc1Cl. The molecule has 0 aromatic heterocycles. The lowest BCUT2D eigenvalue weighted by Gasteiger charge is -2.19. The molecule has 1 aliphatic heterocycles. The first-order valence-electron chi connectivity index (χ1n) is 5.82. The summed E-state index contributed by atoms with van der Waals surface area (Å²) >= 11 is 5.94. The van der Waals surface area contributed by atoms with Crippen molar-refractivity contribution in [2.45, 2.75) is 23.8 Å². The number of hydrogen-bond acceptors (Lipinski definition) is 4. The first-order chi connectivity index (χ1) is 8.76. The fraction of sp³-hybridized carbons (Fsp3) is 0.500. The molecule has 0 radical (unpaired) electrons. The predicted octanol–water partition coefficient (Wildman–Crippen LogP) is 1.49. The first-order valence-corrected chi connectivity index (χ1v) is 7.64. The molecule has 0 spiro atoms. The van der Waals surface area contributed by atoms with Crippen LogP contribution in [0.25, 0.3) is 0 Å². The quantitative estimate of drug-likeness (QED) is 0.919. The Labute approximate surface area is 117 Å². The van der Waals surface area contributed by atoms with E-state index >= 15 is 0 Å². The summed E-state index contributed by atoms with van der Waals surface area (Å²) in [6.45, 7) is 2.03. The molecule has 1 N–H and O–H groups in total. The van der Waals surface area contributed by atoms with Crippen molar-refractivity contribution >= 4 is 21.6 Å². The number of aliphatic hydroxyl groups is 1. The average Bonchev–Trinajstić information content (AvgIpc) is 2.70. The molecule has 1 fully saturated rings. The van der Waals surface area contributed by atoms with Gasteiger partial charge in [0, 0.05) is 13.1 Å². The van der Waals surface area contributed by atoms with Gasteiger partial charge in [-0.05, 0) is 31.5 Å². The molecule has 7 heteroatoms. The van der Waals surface area contributed by atoms with Crippen LogP contribution in [0.1, 0.15) is 13.3 Å². The van der Waals surface area contributed by atoms with E-state index in [-0.39, 0.29) is 16.5 Å². The number of methoxy groups -OCH3 is 1. The van der Waals surface area contributed by atoms with Gasteiger partial charge in [0.25, 0.3) is 0 Å². The Morgan fingerprint density at radius 2 is 2.16 bits per heavy atom. The number of nitrogens with zero attached hydrogens (tertiary/aromatic N) is 1. The minimum Gasteiger partial charge on any atom is -0.495 e. The minimum atomic E-state index is -3.62. The van der Waals surface area contributed by atoms with Gasteiger partial charge in [-0.3, -0.25) is 0 Å². The number of halogens is 1. The predicted molar refractivity (Wildman–Crippen MR) is 72.0 cm³/mol. The molecule has 2 rings (SSSR count). The maximum absolute atomic E-state index is 12.4. The molecule has 106 valence electrons. The summed E-state index contributed by atoms with van der Waals surface area (Å²) in [5.41, 5.74) is -0.969. The molecule has 0 aliphatic carbocycles. The summed E-state index contributed by atoms with van der Waals surface area (Å²) in [6, 6.07) is 4.33. The minimum absolute atomic E-state index is 0.0962. The van der Waals surface area contributed by atoms with Gasteiger partial charge in [-0.15, -0.1) is 0 Å². The molecular formula is C12H16ClNO4S. The fourth-order valence-corrected chi connectivity index (χ4v) is 3.97. The highest BCUT2D eigenvalue weighted by Gasteiger charge is 2.38. The van der Waals surface area contributed by atoms with E-state index in [0.717, 1.165) is 0 Å². The van der Waals surface area contributed by atoms with E-state index < -0.39 is 15.6 Å². The zero-order valence-electron chi connectivity index (χ0n) is 10.8. The van der Waals surface area contributed by atoms with E-state index in [1.165, 1.54) is 29.6 Å².